The molecule has 0 saturated carbocycles. The van der Waals surface area contributed by atoms with Crippen LogP contribution in [0.25, 0.3) is 0 Å². The normalized spacial score (nSPS) is 22.9. The van der Waals surface area contributed by atoms with E-state index in [-0.39, 0.29) is 42.2 Å². The van der Waals surface area contributed by atoms with E-state index in [1.54, 1.807) is 18.4 Å². The number of aromatic nitrogens is 1. The van der Waals surface area contributed by atoms with Gasteiger partial charge >= 0.3 is 24.3 Å². The van der Waals surface area contributed by atoms with E-state index in [4.69, 9.17) is 9.73 Å². The minimum Gasteiger partial charge on any atom is -0.481 e. The molecule has 260 valence electrons. The van der Waals surface area contributed by atoms with Crippen LogP contribution in [0.5, 0.6) is 0 Å². The number of amidine groups is 1. The first-order chi connectivity index (χ1) is 22.6. The maximum absolute atomic E-state index is 16.0. The molecular weight excluding hydrogens is 663 g/mol. The lowest BCUT2D eigenvalue weighted by molar-refractivity contribution is -0.168. The van der Waals surface area contributed by atoms with Crippen molar-refractivity contribution in [3.8, 4) is 0 Å². The van der Waals surface area contributed by atoms with Gasteiger partial charge in [-0.05, 0) is 51.3 Å². The highest BCUT2D eigenvalue weighted by molar-refractivity contribution is 7.11. The van der Waals surface area contributed by atoms with E-state index in [0.29, 0.717) is 15.6 Å². The number of carbonyl (C=O) groups is 3. The number of nitrogens with zero attached hydrogens (tertiary/aromatic N) is 5. The molecule has 48 heavy (non-hydrogen) atoms. The predicted molar refractivity (Wildman–Crippen MR) is 164 cm³/mol. The summed E-state index contributed by atoms with van der Waals surface area (Å²) in [5, 5.41) is 16.1. The van der Waals surface area contributed by atoms with E-state index in [2.05, 4.69) is 10.3 Å². The molecule has 2 N–H and O–H groups in total. The Balaban J connectivity index is 1.57. The molecule has 1 aromatic carbocycles. The van der Waals surface area contributed by atoms with Crippen molar-refractivity contribution in [3.05, 3.63) is 63.0 Å². The zero-order chi connectivity index (χ0) is 35.1. The molecule has 2 fully saturated rings. The second-order valence-corrected chi connectivity index (χ2v) is 13.3. The molecule has 1 aromatic heterocycles. The number of hydrogen-bond acceptors (Lipinski definition) is 10. The Morgan fingerprint density at radius 3 is 2.60 bits per heavy atom. The van der Waals surface area contributed by atoms with E-state index in [1.807, 2.05) is 0 Å². The van der Waals surface area contributed by atoms with Crippen molar-refractivity contribution in [1.29, 1.82) is 0 Å². The number of ether oxygens (including phenoxy) is 1. The Morgan fingerprint density at radius 2 is 1.98 bits per heavy atom. The van der Waals surface area contributed by atoms with Gasteiger partial charge in [0.2, 0.25) is 0 Å². The van der Waals surface area contributed by atoms with Crippen LogP contribution in [0.3, 0.4) is 0 Å². The van der Waals surface area contributed by atoms with Crippen LogP contribution in [0.2, 0.25) is 0 Å². The lowest BCUT2D eigenvalue weighted by atomic mass is 9.89. The minimum atomic E-state index is -3.54. The summed E-state index contributed by atoms with van der Waals surface area (Å²) in [6, 6.07) is 0.236. The van der Waals surface area contributed by atoms with E-state index < -0.39 is 79.2 Å². The second-order valence-electron chi connectivity index (χ2n) is 12.4. The van der Waals surface area contributed by atoms with Crippen LogP contribution in [-0.2, 0) is 19.1 Å². The van der Waals surface area contributed by atoms with Gasteiger partial charge in [0.1, 0.15) is 17.9 Å². The maximum Gasteiger partial charge on any atom is 0.338 e. The summed E-state index contributed by atoms with van der Waals surface area (Å²) in [5.74, 6) is -7.62. The summed E-state index contributed by atoms with van der Waals surface area (Å²) >= 11 is 1.22. The second kappa shape index (κ2) is 13.5. The van der Waals surface area contributed by atoms with Gasteiger partial charge in [-0.1, -0.05) is 12.1 Å². The average molecular weight is 699 g/mol. The van der Waals surface area contributed by atoms with Crippen LogP contribution in [0.15, 0.2) is 46.0 Å². The van der Waals surface area contributed by atoms with Gasteiger partial charge < -0.3 is 15.2 Å². The molecule has 1 amide bonds. The van der Waals surface area contributed by atoms with Crippen molar-refractivity contribution in [2.24, 2.45) is 10.4 Å². The lowest BCUT2D eigenvalue weighted by Crippen LogP contribution is -2.53. The fourth-order valence-corrected chi connectivity index (χ4v) is 6.84. The largest absolute Gasteiger partial charge is 0.481 e. The molecular formula is C31H35F5N6O5S. The van der Waals surface area contributed by atoms with Gasteiger partial charge in [-0.3, -0.25) is 24.5 Å². The fourth-order valence-electron chi connectivity index (χ4n) is 6.26. The van der Waals surface area contributed by atoms with Gasteiger partial charge in [-0.25, -0.2) is 28.0 Å². The first-order valence-corrected chi connectivity index (χ1v) is 16.1. The number of aliphatic imine (C=N–C) groups is 1. The third kappa shape index (κ3) is 6.67. The number of amides is 1. The smallest absolute Gasteiger partial charge is 0.338 e. The first-order valence-electron chi connectivity index (χ1n) is 15.2. The Labute approximate surface area is 277 Å². The topological polar surface area (TPSA) is 128 Å². The molecule has 0 aliphatic carbocycles. The van der Waals surface area contributed by atoms with Crippen molar-refractivity contribution >= 4 is 35.0 Å². The molecule has 2 saturated heterocycles. The van der Waals surface area contributed by atoms with Crippen molar-refractivity contribution < 1.29 is 46.2 Å². The van der Waals surface area contributed by atoms with E-state index in [0.717, 1.165) is 5.01 Å². The van der Waals surface area contributed by atoms with Gasteiger partial charge in [-0.2, -0.15) is 8.78 Å². The molecule has 2 aromatic rings. The summed E-state index contributed by atoms with van der Waals surface area (Å²) < 4.78 is 79.5. The zero-order valence-corrected chi connectivity index (χ0v) is 27.4. The van der Waals surface area contributed by atoms with Crippen molar-refractivity contribution in [3.63, 3.8) is 0 Å². The standard InChI is InChI=1S/C31H35F5N6O5S/c1-5-47-28(44)21-19(38-25(26-37-10-12-48-26)39-22(21)17-7-6-8-18(32)16(17)2)13-40-15-31(35,36)23-20(40)14-42(27(43)24(33)34)41(23)11-9-30(3,4)29(45)46/h6-8,10,12,20,22-24H,5,9,11,13-15H2,1-4H3,(H,38,39)(H,45,46). The van der Waals surface area contributed by atoms with Crippen molar-refractivity contribution in [2.75, 3.05) is 32.8 Å². The molecule has 0 bridgehead atoms. The average Bonchev–Trinajstić information content (AvgIpc) is 3.74. The number of carboxylic acid groups (broad SMARTS) is 1. The number of carbonyl (C=O) groups excluding carboxylic acids is 2. The maximum atomic E-state index is 16.0. The number of likely N-dealkylation sites (tertiary alicyclic amines) is 1. The number of rotatable bonds is 11. The number of nitrogens with one attached hydrogen (secondary N) is 1. The summed E-state index contributed by atoms with van der Waals surface area (Å²) in [5.41, 5.74) is -0.811. The van der Waals surface area contributed by atoms with Crippen molar-refractivity contribution in [1.82, 2.24) is 25.2 Å². The van der Waals surface area contributed by atoms with E-state index in [1.165, 1.54) is 55.3 Å². The van der Waals surface area contributed by atoms with Gasteiger partial charge in [-0.15, -0.1) is 11.3 Å². The SMILES string of the molecule is CCOC(=O)C1=C(CN2CC(F)(F)C3C2CN(C(=O)C(F)F)N3CCC(C)(C)C(=O)O)NC(c2nccs2)=NC1c1cccc(F)c1C. The molecule has 0 radical (unpaired) electrons. The summed E-state index contributed by atoms with van der Waals surface area (Å²) in [4.78, 5) is 48.2. The number of thiazole rings is 1. The Morgan fingerprint density at radius 1 is 1.25 bits per heavy atom. The highest BCUT2D eigenvalue weighted by Crippen LogP contribution is 2.43. The zero-order valence-electron chi connectivity index (χ0n) is 26.6. The quantitative estimate of drug-likeness (QED) is 0.265. The monoisotopic (exact) mass is 698 g/mol. The third-order valence-corrected chi connectivity index (χ3v) is 9.66. The predicted octanol–water partition coefficient (Wildman–Crippen LogP) is 4.01. The Bertz CT molecular complexity index is 1640. The molecule has 5 rings (SSSR count). The molecule has 17 heteroatoms. The van der Waals surface area contributed by atoms with Crippen LogP contribution < -0.4 is 5.32 Å². The molecule has 4 heterocycles. The van der Waals surface area contributed by atoms with Gasteiger partial charge in [0.05, 0.1) is 36.7 Å². The van der Waals surface area contributed by atoms with Crippen LogP contribution in [0.4, 0.5) is 22.0 Å². The number of halogens is 5. The number of fused-ring (bicyclic) bond motifs is 1. The molecule has 0 spiro atoms. The van der Waals surface area contributed by atoms with Crippen molar-refractivity contribution in [2.45, 2.75) is 64.6 Å². The number of esters is 1. The first kappa shape index (κ1) is 35.3. The highest BCUT2D eigenvalue weighted by Gasteiger charge is 2.63. The van der Waals surface area contributed by atoms with Crippen LogP contribution in [0.1, 0.15) is 49.4 Å². The molecule has 11 nitrogen and oxygen atoms in total. The van der Waals surface area contributed by atoms with Crippen LogP contribution in [-0.4, -0.2) is 106 Å². The number of alkyl halides is 4. The van der Waals surface area contributed by atoms with Gasteiger partial charge in [0, 0.05) is 30.4 Å². The summed E-state index contributed by atoms with van der Waals surface area (Å²) in [6.45, 7) is 3.66. The molecule has 3 atom stereocenters. The summed E-state index contributed by atoms with van der Waals surface area (Å²) in [7, 11) is 0. The Hall–Kier alpha value is -3.96. The van der Waals surface area contributed by atoms with E-state index in [9.17, 15) is 32.7 Å². The van der Waals surface area contributed by atoms with Crippen LogP contribution in [0, 0.1) is 18.2 Å². The number of aliphatic carboxylic acids is 1. The van der Waals surface area contributed by atoms with E-state index >= 15 is 8.78 Å². The van der Waals surface area contributed by atoms with Gasteiger partial charge in [0.15, 0.2) is 10.8 Å². The van der Waals surface area contributed by atoms with Crippen LogP contribution >= 0.6 is 11.3 Å². The molecule has 3 unspecified atom stereocenters. The number of benzene rings is 1. The highest BCUT2D eigenvalue weighted by atomic mass is 32.1. The molecule has 3 aliphatic rings. The number of hydrazine groups is 1. The number of carboxylic acids is 1. The fraction of sp³-hybridized carbons (Fsp3) is 0.516. The Kier molecular flexibility index (Phi) is 9.95. The van der Waals surface area contributed by atoms with Gasteiger partial charge in [0.25, 0.3) is 5.92 Å². The summed E-state index contributed by atoms with van der Waals surface area (Å²) in [6.07, 6.45) is -2.18. The number of hydrogen-bond donors (Lipinski definition) is 2. The lowest BCUT2D eigenvalue weighted by Gasteiger charge is -2.35. The third-order valence-electron chi connectivity index (χ3n) is 8.88. The minimum absolute atomic E-state index is 0.0354. The molecule has 3 aliphatic heterocycles.